The lowest BCUT2D eigenvalue weighted by atomic mass is 10.1. The van der Waals surface area contributed by atoms with Crippen molar-refractivity contribution in [2.75, 3.05) is 13.1 Å². The monoisotopic (exact) mass is 397 g/mol. The number of hydrogen-bond acceptors (Lipinski definition) is 3. The van der Waals surface area contributed by atoms with Gasteiger partial charge in [-0.15, -0.1) is 13.2 Å². The molecule has 1 heterocycles. The average Bonchev–Trinajstić information content (AvgIpc) is 2.85. The van der Waals surface area contributed by atoms with Crippen molar-refractivity contribution in [1.29, 1.82) is 0 Å². The van der Waals surface area contributed by atoms with Gasteiger partial charge < -0.3 is 15.4 Å². The third-order valence-electron chi connectivity index (χ3n) is 4.28. The maximum Gasteiger partial charge on any atom is 0.573 e. The molecule has 0 saturated heterocycles. The molecular formula is C19H26F3N5O. The molecule has 0 atom stereocenters. The third kappa shape index (κ3) is 6.17. The summed E-state index contributed by atoms with van der Waals surface area (Å²) < 4.78 is 43.6. The minimum atomic E-state index is -4.73. The smallest absolute Gasteiger partial charge is 0.405 e. The average molecular weight is 397 g/mol. The van der Waals surface area contributed by atoms with Crippen molar-refractivity contribution >= 4 is 5.96 Å². The van der Waals surface area contributed by atoms with E-state index in [1.54, 1.807) is 12.1 Å². The normalized spacial score (nSPS) is 12.2. The van der Waals surface area contributed by atoms with Gasteiger partial charge in [0.05, 0.1) is 12.2 Å². The second-order valence-electron chi connectivity index (χ2n) is 6.30. The summed E-state index contributed by atoms with van der Waals surface area (Å²) in [6.07, 6.45) is -3.97. The molecule has 0 aliphatic carbocycles. The van der Waals surface area contributed by atoms with Gasteiger partial charge in [-0.25, -0.2) is 4.99 Å². The number of halogens is 3. The maximum atomic E-state index is 12.5. The molecule has 2 aromatic rings. The lowest BCUT2D eigenvalue weighted by Gasteiger charge is -2.14. The van der Waals surface area contributed by atoms with E-state index in [9.17, 15) is 13.2 Å². The van der Waals surface area contributed by atoms with Crippen molar-refractivity contribution in [2.45, 2.75) is 40.1 Å². The first kappa shape index (κ1) is 21.6. The van der Waals surface area contributed by atoms with E-state index in [1.807, 2.05) is 32.5 Å². The van der Waals surface area contributed by atoms with Gasteiger partial charge in [0, 0.05) is 31.4 Å². The molecule has 6 nitrogen and oxygen atoms in total. The molecule has 9 heteroatoms. The van der Waals surface area contributed by atoms with Gasteiger partial charge in [0.15, 0.2) is 5.96 Å². The molecule has 0 amide bonds. The van der Waals surface area contributed by atoms with Crippen LogP contribution in [0, 0.1) is 13.8 Å². The first-order valence-corrected chi connectivity index (χ1v) is 9.06. The quantitative estimate of drug-likeness (QED) is 0.556. The van der Waals surface area contributed by atoms with E-state index in [2.05, 4.69) is 25.5 Å². The molecule has 0 fully saturated rings. The summed E-state index contributed by atoms with van der Waals surface area (Å²) in [6.45, 7) is 7.24. The zero-order valence-corrected chi connectivity index (χ0v) is 16.5. The minimum Gasteiger partial charge on any atom is -0.405 e. The minimum absolute atomic E-state index is 0.0620. The molecule has 2 rings (SSSR count). The van der Waals surface area contributed by atoms with Crippen molar-refractivity contribution in [3.05, 3.63) is 46.8 Å². The summed E-state index contributed by atoms with van der Waals surface area (Å²) in [5, 5.41) is 10.7. The van der Waals surface area contributed by atoms with Crippen molar-refractivity contribution in [3.63, 3.8) is 0 Å². The highest BCUT2D eigenvalue weighted by Gasteiger charge is 2.31. The van der Waals surface area contributed by atoms with Crippen LogP contribution in [0.3, 0.4) is 0 Å². The van der Waals surface area contributed by atoms with Crippen LogP contribution in [-0.4, -0.2) is 35.2 Å². The van der Waals surface area contributed by atoms with E-state index in [0.717, 1.165) is 17.8 Å². The van der Waals surface area contributed by atoms with Gasteiger partial charge >= 0.3 is 6.36 Å². The van der Waals surface area contributed by atoms with E-state index >= 15 is 0 Å². The maximum absolute atomic E-state index is 12.5. The topological polar surface area (TPSA) is 63.5 Å². The Morgan fingerprint density at radius 2 is 1.93 bits per heavy atom. The molecule has 0 radical (unpaired) electrons. The van der Waals surface area contributed by atoms with Crippen molar-refractivity contribution in [1.82, 2.24) is 20.4 Å². The molecule has 1 aromatic carbocycles. The molecule has 154 valence electrons. The van der Waals surface area contributed by atoms with Gasteiger partial charge in [-0.05, 0) is 38.8 Å². The number of ether oxygens (including phenoxy) is 1. The molecular weight excluding hydrogens is 371 g/mol. The summed E-state index contributed by atoms with van der Waals surface area (Å²) in [4.78, 5) is 4.38. The van der Waals surface area contributed by atoms with Gasteiger partial charge in [0.25, 0.3) is 0 Å². The van der Waals surface area contributed by atoms with Gasteiger partial charge in [-0.2, -0.15) is 5.10 Å². The summed E-state index contributed by atoms with van der Waals surface area (Å²) in [7, 11) is 1.91. The highest BCUT2D eigenvalue weighted by molar-refractivity contribution is 5.79. The molecule has 0 bridgehead atoms. The Kier molecular flexibility index (Phi) is 7.31. The van der Waals surface area contributed by atoms with Crippen molar-refractivity contribution in [3.8, 4) is 5.75 Å². The van der Waals surface area contributed by atoms with Gasteiger partial charge in [-0.1, -0.05) is 18.2 Å². The van der Waals surface area contributed by atoms with Crippen molar-refractivity contribution < 1.29 is 17.9 Å². The fourth-order valence-corrected chi connectivity index (χ4v) is 2.85. The van der Waals surface area contributed by atoms with Crippen LogP contribution in [0.4, 0.5) is 13.2 Å². The number of nitrogens with one attached hydrogen (secondary N) is 2. The molecule has 0 saturated carbocycles. The van der Waals surface area contributed by atoms with Crippen LogP contribution >= 0.6 is 0 Å². The van der Waals surface area contributed by atoms with Crippen molar-refractivity contribution in [2.24, 2.45) is 12.0 Å². The largest absolute Gasteiger partial charge is 0.573 e. The van der Waals surface area contributed by atoms with E-state index < -0.39 is 6.36 Å². The lowest BCUT2D eigenvalue weighted by Crippen LogP contribution is -2.38. The van der Waals surface area contributed by atoms with Gasteiger partial charge in [0.2, 0.25) is 0 Å². The lowest BCUT2D eigenvalue weighted by molar-refractivity contribution is -0.274. The Bertz CT molecular complexity index is 814. The van der Waals surface area contributed by atoms with Crippen LogP contribution < -0.4 is 15.4 Å². The first-order chi connectivity index (χ1) is 13.2. The van der Waals surface area contributed by atoms with Gasteiger partial charge in [0.1, 0.15) is 5.75 Å². The molecule has 0 aliphatic rings. The number of benzene rings is 1. The fourth-order valence-electron chi connectivity index (χ4n) is 2.85. The Morgan fingerprint density at radius 1 is 1.21 bits per heavy atom. The second kappa shape index (κ2) is 9.48. The van der Waals surface area contributed by atoms with E-state index in [4.69, 9.17) is 0 Å². The van der Waals surface area contributed by atoms with E-state index in [1.165, 1.54) is 17.7 Å². The predicted octanol–water partition coefficient (Wildman–Crippen LogP) is 3.23. The molecule has 2 N–H and O–H groups in total. The van der Waals surface area contributed by atoms with E-state index in [0.29, 0.717) is 24.6 Å². The second-order valence-corrected chi connectivity index (χ2v) is 6.30. The number of para-hydroxylation sites is 1. The Hall–Kier alpha value is -2.71. The standard InChI is InChI=1S/C19H26F3N5O/c1-5-23-18(24-11-10-16-13(2)26-27(4)14(16)3)25-12-15-8-6-7-9-17(15)28-19(20,21)22/h6-9H,5,10-12H2,1-4H3,(H2,23,24,25). The summed E-state index contributed by atoms with van der Waals surface area (Å²) in [6, 6.07) is 6.00. The molecule has 0 spiro atoms. The van der Waals surface area contributed by atoms with Crippen LogP contribution in [0.1, 0.15) is 29.4 Å². The number of rotatable bonds is 7. The highest BCUT2D eigenvalue weighted by Crippen LogP contribution is 2.26. The molecule has 1 aromatic heterocycles. The third-order valence-corrected chi connectivity index (χ3v) is 4.28. The fraction of sp³-hybridized carbons (Fsp3) is 0.474. The van der Waals surface area contributed by atoms with Gasteiger partial charge in [-0.3, -0.25) is 4.68 Å². The number of aryl methyl sites for hydroxylation is 2. The number of guanidine groups is 1. The molecule has 0 unspecified atom stereocenters. The summed E-state index contributed by atoms with van der Waals surface area (Å²) in [5.41, 5.74) is 3.63. The van der Waals surface area contributed by atoms with Crippen LogP contribution in [0.25, 0.3) is 0 Å². The zero-order valence-electron chi connectivity index (χ0n) is 16.5. The van der Waals surface area contributed by atoms with Crippen LogP contribution in [0.2, 0.25) is 0 Å². The number of alkyl halides is 3. The molecule has 28 heavy (non-hydrogen) atoms. The predicted molar refractivity (Wildman–Crippen MR) is 102 cm³/mol. The number of hydrogen-bond donors (Lipinski definition) is 2. The number of aliphatic imine (C=N–C) groups is 1. The number of nitrogens with zero attached hydrogens (tertiary/aromatic N) is 3. The Balaban J connectivity index is 2.03. The van der Waals surface area contributed by atoms with Crippen LogP contribution in [-0.2, 0) is 20.0 Å². The zero-order chi connectivity index (χ0) is 20.7. The highest BCUT2D eigenvalue weighted by atomic mass is 19.4. The first-order valence-electron chi connectivity index (χ1n) is 9.06. The van der Waals surface area contributed by atoms with Crippen LogP contribution in [0.15, 0.2) is 29.3 Å². The summed E-state index contributed by atoms with van der Waals surface area (Å²) in [5.74, 6) is 0.291. The Morgan fingerprint density at radius 3 is 2.54 bits per heavy atom. The number of aromatic nitrogens is 2. The van der Waals surface area contributed by atoms with E-state index in [-0.39, 0.29) is 12.3 Å². The SMILES string of the molecule is CCNC(=NCc1ccccc1OC(F)(F)F)NCCc1c(C)nn(C)c1C. The van der Waals surface area contributed by atoms with Crippen LogP contribution in [0.5, 0.6) is 5.75 Å². The summed E-state index contributed by atoms with van der Waals surface area (Å²) >= 11 is 0. The molecule has 0 aliphatic heterocycles. The Labute approximate surface area is 162 Å².